The third-order valence-electron chi connectivity index (χ3n) is 6.17. The molecule has 0 aliphatic carbocycles. The molecular weight excluding hydrogens is 540 g/mol. The molecule has 8 heteroatoms. The molecule has 4 aromatic rings. The van der Waals surface area contributed by atoms with Crippen molar-refractivity contribution in [3.8, 4) is 18.1 Å². The molecule has 0 aliphatic rings. The molecule has 3 nitrogen and oxygen atoms in total. The van der Waals surface area contributed by atoms with Gasteiger partial charge < -0.3 is 9.47 Å². The summed E-state index contributed by atoms with van der Waals surface area (Å²) >= 11 is 0. The van der Waals surface area contributed by atoms with Crippen LogP contribution in [0, 0.1) is 49.5 Å². The van der Waals surface area contributed by atoms with Gasteiger partial charge in [-0.1, -0.05) is 42.3 Å². The van der Waals surface area contributed by atoms with E-state index in [2.05, 4.69) is 24.3 Å². The molecule has 0 saturated carbocycles. The number of carbonyl (C=O) groups excluding carboxylic acids is 1. The van der Waals surface area contributed by atoms with E-state index < -0.39 is 57.9 Å². The van der Waals surface area contributed by atoms with Crippen molar-refractivity contribution in [1.29, 1.82) is 0 Å². The normalized spacial score (nSPS) is 12.5. The summed E-state index contributed by atoms with van der Waals surface area (Å²) in [5.41, 5.74) is -1.51. The summed E-state index contributed by atoms with van der Waals surface area (Å²) in [5, 5.41) is 0. The van der Waals surface area contributed by atoms with Gasteiger partial charge in [-0.25, -0.2) is 22.4 Å². The number of aryl methyl sites for hydroxylation is 2. The highest BCUT2D eigenvalue weighted by molar-refractivity contribution is 7.97. The fourth-order valence-corrected chi connectivity index (χ4v) is 6.51. The number of carbonyl (C=O) groups is 1. The van der Waals surface area contributed by atoms with E-state index in [0.717, 1.165) is 32.7 Å². The van der Waals surface area contributed by atoms with Gasteiger partial charge in [-0.05, 0) is 62.2 Å². The first-order valence-corrected chi connectivity index (χ1v) is 13.4. The first-order valence-electron chi connectivity index (χ1n) is 12.2. The molecule has 1 unspecified atom stereocenters. The summed E-state index contributed by atoms with van der Waals surface area (Å²) < 4.78 is 66.3. The zero-order valence-electron chi connectivity index (χ0n) is 21.9. The number of hydrogen-bond donors (Lipinski definition) is 0. The molecule has 0 heterocycles. The molecule has 0 bridgehead atoms. The van der Waals surface area contributed by atoms with Gasteiger partial charge in [0.2, 0.25) is 0 Å². The maximum atomic E-state index is 14.4. The second-order valence-electron chi connectivity index (χ2n) is 9.11. The predicted octanol–water partition coefficient (Wildman–Crippen LogP) is 7.43. The Morgan fingerprint density at radius 1 is 0.825 bits per heavy atom. The van der Waals surface area contributed by atoms with Crippen LogP contribution in [-0.2, 0) is 26.0 Å². The van der Waals surface area contributed by atoms with Gasteiger partial charge in [0.15, 0.2) is 50.2 Å². The Labute approximate surface area is 233 Å². The fraction of sp³-hybridized carbons (Fsp3) is 0.156. The zero-order valence-corrected chi connectivity index (χ0v) is 22.8. The SMILES string of the molecule is C#CC(C)(OC(=O)COc1c(C)cc([S+](c2ccccc2)c2ccccc2)cc1C)c1cc(F)c(F)c(F)c1F. The van der Waals surface area contributed by atoms with Crippen molar-refractivity contribution in [3.05, 3.63) is 119 Å². The van der Waals surface area contributed by atoms with E-state index in [-0.39, 0.29) is 0 Å². The molecule has 204 valence electrons. The van der Waals surface area contributed by atoms with Crippen molar-refractivity contribution >= 4 is 16.9 Å². The second kappa shape index (κ2) is 11.9. The Bertz CT molecular complexity index is 1520. The van der Waals surface area contributed by atoms with Crippen LogP contribution in [0.15, 0.2) is 93.5 Å². The van der Waals surface area contributed by atoms with Gasteiger partial charge in [-0.2, -0.15) is 0 Å². The Balaban J connectivity index is 1.57. The van der Waals surface area contributed by atoms with E-state index in [1.165, 1.54) is 0 Å². The van der Waals surface area contributed by atoms with Gasteiger partial charge >= 0.3 is 5.97 Å². The van der Waals surface area contributed by atoms with E-state index >= 15 is 0 Å². The molecule has 0 aromatic heterocycles. The number of ether oxygens (including phenoxy) is 2. The van der Waals surface area contributed by atoms with Crippen LogP contribution in [0.2, 0.25) is 0 Å². The lowest BCUT2D eigenvalue weighted by Crippen LogP contribution is -2.32. The maximum absolute atomic E-state index is 14.4. The molecule has 1 atom stereocenters. The lowest BCUT2D eigenvalue weighted by Gasteiger charge is -2.25. The van der Waals surface area contributed by atoms with Crippen LogP contribution >= 0.6 is 0 Å². The third kappa shape index (κ3) is 5.85. The van der Waals surface area contributed by atoms with Crippen molar-refractivity contribution in [1.82, 2.24) is 0 Å². The first-order chi connectivity index (χ1) is 19.1. The van der Waals surface area contributed by atoms with E-state index in [1.54, 1.807) is 0 Å². The average molecular weight is 566 g/mol. The molecule has 0 amide bonds. The molecule has 0 aliphatic heterocycles. The van der Waals surface area contributed by atoms with Gasteiger partial charge in [-0.3, -0.25) is 0 Å². The highest BCUT2D eigenvalue weighted by Crippen LogP contribution is 2.36. The molecule has 0 saturated heterocycles. The summed E-state index contributed by atoms with van der Waals surface area (Å²) in [6, 6.07) is 24.5. The monoisotopic (exact) mass is 565 g/mol. The van der Waals surface area contributed by atoms with Crippen molar-refractivity contribution in [2.24, 2.45) is 0 Å². The van der Waals surface area contributed by atoms with E-state index in [9.17, 15) is 22.4 Å². The largest absolute Gasteiger partial charge is 0.481 e. The predicted molar refractivity (Wildman–Crippen MR) is 145 cm³/mol. The third-order valence-corrected chi connectivity index (χ3v) is 8.37. The molecule has 4 aromatic carbocycles. The molecule has 0 N–H and O–H groups in total. The van der Waals surface area contributed by atoms with E-state index in [0.29, 0.717) is 11.8 Å². The van der Waals surface area contributed by atoms with Crippen LogP contribution < -0.4 is 4.74 Å². The van der Waals surface area contributed by atoms with Crippen LogP contribution in [0.25, 0.3) is 0 Å². The Morgan fingerprint density at radius 3 is 1.85 bits per heavy atom. The van der Waals surface area contributed by atoms with Gasteiger partial charge in [0, 0.05) is 17.7 Å². The highest BCUT2D eigenvalue weighted by Gasteiger charge is 2.36. The molecule has 0 radical (unpaired) electrons. The molecule has 4 rings (SSSR count). The van der Waals surface area contributed by atoms with Crippen molar-refractivity contribution in [2.75, 3.05) is 6.61 Å². The summed E-state index contributed by atoms with van der Waals surface area (Å²) in [5.74, 6) is -6.02. The van der Waals surface area contributed by atoms with Crippen LogP contribution in [0.1, 0.15) is 23.6 Å². The van der Waals surface area contributed by atoms with Crippen molar-refractivity contribution in [2.45, 2.75) is 41.1 Å². The lowest BCUT2D eigenvalue weighted by atomic mass is 9.95. The minimum atomic E-state index is -2.21. The summed E-state index contributed by atoms with van der Waals surface area (Å²) in [6.07, 6.45) is 5.42. The quantitative estimate of drug-likeness (QED) is 0.0557. The van der Waals surface area contributed by atoms with Gasteiger partial charge in [0.25, 0.3) is 0 Å². The second-order valence-corrected chi connectivity index (χ2v) is 11.1. The summed E-state index contributed by atoms with van der Waals surface area (Å²) in [7, 11) is -0.393. The fourth-order valence-electron chi connectivity index (χ4n) is 4.25. The van der Waals surface area contributed by atoms with Gasteiger partial charge in [0.1, 0.15) is 5.75 Å². The standard InChI is InChI=1S/C32H25F4O3S/c1-5-32(4,25-18-26(33)29(35)30(36)28(25)34)39-27(37)19-38-31-20(2)16-24(17-21(31)3)40(22-12-8-6-9-13-22)23-14-10-7-11-15-23/h1,6-18H,19H2,2-4H3/q+1. The molecule has 40 heavy (non-hydrogen) atoms. The Morgan fingerprint density at radius 2 is 1.35 bits per heavy atom. The number of benzene rings is 4. The lowest BCUT2D eigenvalue weighted by molar-refractivity contribution is -0.156. The van der Waals surface area contributed by atoms with Crippen molar-refractivity contribution in [3.63, 3.8) is 0 Å². The average Bonchev–Trinajstić information content (AvgIpc) is 2.94. The number of esters is 1. The van der Waals surface area contributed by atoms with E-state index in [4.69, 9.17) is 15.9 Å². The number of halogens is 4. The zero-order chi connectivity index (χ0) is 29.0. The highest BCUT2D eigenvalue weighted by atomic mass is 32.2. The number of hydrogen-bond acceptors (Lipinski definition) is 3. The molecule has 0 spiro atoms. The maximum Gasteiger partial charge on any atom is 0.345 e. The van der Waals surface area contributed by atoms with Crippen LogP contribution in [-0.4, -0.2) is 12.6 Å². The summed E-state index contributed by atoms with van der Waals surface area (Å²) in [6.45, 7) is 4.15. The molecule has 0 fully saturated rings. The van der Waals surface area contributed by atoms with Crippen molar-refractivity contribution < 1.29 is 31.8 Å². The van der Waals surface area contributed by atoms with Gasteiger partial charge in [0.05, 0.1) is 10.9 Å². The number of rotatable bonds is 8. The van der Waals surface area contributed by atoms with Gasteiger partial charge in [-0.15, -0.1) is 6.42 Å². The summed E-state index contributed by atoms with van der Waals surface area (Å²) in [4.78, 5) is 16.0. The topological polar surface area (TPSA) is 35.5 Å². The van der Waals surface area contributed by atoms with Crippen LogP contribution in [0.4, 0.5) is 17.6 Å². The smallest absolute Gasteiger partial charge is 0.345 e. The van der Waals surface area contributed by atoms with E-state index in [1.807, 2.05) is 68.3 Å². The minimum absolute atomic E-state index is 0.367. The molecular formula is C32H25F4O3S+. The van der Waals surface area contributed by atoms with Crippen LogP contribution in [0.3, 0.4) is 0 Å². The van der Waals surface area contributed by atoms with Crippen LogP contribution in [0.5, 0.6) is 5.75 Å². The Hall–Kier alpha value is -4.22. The Kier molecular flexibility index (Phi) is 8.55. The number of terminal acetylenes is 1. The first kappa shape index (κ1) is 28.8. The minimum Gasteiger partial charge on any atom is -0.481 e.